The molecule has 1 aliphatic rings. The number of nitrogens with zero attached hydrogens (tertiary/aromatic N) is 1. The van der Waals surface area contributed by atoms with Gasteiger partial charge in [0.05, 0.1) is 0 Å². The molecule has 1 heterocycles. The van der Waals surface area contributed by atoms with Crippen LogP contribution < -0.4 is 9.44 Å². The summed E-state index contributed by atoms with van der Waals surface area (Å²) in [6, 6.07) is 10.2. The fourth-order valence-corrected chi connectivity index (χ4v) is 3.15. The van der Waals surface area contributed by atoms with Gasteiger partial charge in [0.25, 0.3) is 10.2 Å². The summed E-state index contributed by atoms with van der Waals surface area (Å²) >= 11 is 0. The standard InChI is InChI=1S/C14H23N3O2S/c1-15-20(18,19)16-12-14(13-8-4-2-5-9-13)17-10-6-3-7-11-17/h2,4-5,8-9,14-16H,3,6-7,10-12H2,1H3. The molecule has 6 heteroatoms. The predicted molar refractivity (Wildman–Crippen MR) is 80.6 cm³/mol. The van der Waals surface area contributed by atoms with Gasteiger partial charge in [-0.05, 0) is 31.5 Å². The van der Waals surface area contributed by atoms with Gasteiger partial charge in [-0.25, -0.2) is 9.44 Å². The minimum atomic E-state index is -3.39. The molecule has 0 aliphatic carbocycles. The van der Waals surface area contributed by atoms with E-state index in [1.807, 2.05) is 18.2 Å². The third kappa shape index (κ3) is 4.28. The summed E-state index contributed by atoms with van der Waals surface area (Å²) in [6.45, 7) is 2.45. The fourth-order valence-electron chi connectivity index (χ4n) is 2.62. The first-order chi connectivity index (χ1) is 9.62. The van der Waals surface area contributed by atoms with Crippen molar-refractivity contribution in [3.05, 3.63) is 35.9 Å². The third-order valence-electron chi connectivity index (χ3n) is 3.75. The molecule has 5 nitrogen and oxygen atoms in total. The van der Waals surface area contributed by atoms with Crippen LogP contribution in [-0.4, -0.2) is 40.0 Å². The molecule has 20 heavy (non-hydrogen) atoms. The highest BCUT2D eigenvalue weighted by molar-refractivity contribution is 7.87. The van der Waals surface area contributed by atoms with E-state index < -0.39 is 10.2 Å². The number of benzene rings is 1. The molecular formula is C14H23N3O2S. The van der Waals surface area contributed by atoms with E-state index in [1.165, 1.54) is 26.3 Å². The van der Waals surface area contributed by atoms with Crippen molar-refractivity contribution >= 4 is 10.2 Å². The lowest BCUT2D eigenvalue weighted by atomic mass is 10.0. The molecule has 2 rings (SSSR count). The number of likely N-dealkylation sites (tertiary alicyclic amines) is 1. The maximum Gasteiger partial charge on any atom is 0.276 e. The summed E-state index contributed by atoms with van der Waals surface area (Å²) in [6.07, 6.45) is 3.63. The Morgan fingerprint density at radius 2 is 1.80 bits per heavy atom. The van der Waals surface area contributed by atoms with Gasteiger partial charge in [-0.15, -0.1) is 0 Å². The first kappa shape index (κ1) is 15.4. The van der Waals surface area contributed by atoms with Gasteiger partial charge in [0.15, 0.2) is 0 Å². The van der Waals surface area contributed by atoms with E-state index in [0.29, 0.717) is 6.54 Å². The lowest BCUT2D eigenvalue weighted by Gasteiger charge is -2.35. The molecule has 1 aromatic carbocycles. The van der Waals surface area contributed by atoms with Crippen LogP contribution in [0, 0.1) is 0 Å². The lowest BCUT2D eigenvalue weighted by molar-refractivity contribution is 0.164. The van der Waals surface area contributed by atoms with Crippen molar-refractivity contribution in [2.45, 2.75) is 25.3 Å². The molecule has 0 saturated carbocycles. The minimum Gasteiger partial charge on any atom is -0.295 e. The third-order valence-corrected chi connectivity index (χ3v) is 4.84. The zero-order valence-corrected chi connectivity index (χ0v) is 12.7. The molecule has 0 amide bonds. The first-order valence-electron chi connectivity index (χ1n) is 7.09. The Morgan fingerprint density at radius 3 is 2.40 bits per heavy atom. The van der Waals surface area contributed by atoms with Gasteiger partial charge in [-0.2, -0.15) is 8.42 Å². The second-order valence-electron chi connectivity index (χ2n) is 5.08. The molecule has 1 fully saturated rings. The summed E-state index contributed by atoms with van der Waals surface area (Å²) < 4.78 is 28.1. The van der Waals surface area contributed by atoms with Crippen molar-refractivity contribution < 1.29 is 8.42 Å². The normalized spacial score (nSPS) is 18.9. The highest BCUT2D eigenvalue weighted by Crippen LogP contribution is 2.24. The largest absolute Gasteiger partial charge is 0.295 e. The van der Waals surface area contributed by atoms with Crippen molar-refractivity contribution in [3.8, 4) is 0 Å². The Hall–Kier alpha value is -0.950. The molecule has 0 aromatic heterocycles. The molecule has 1 unspecified atom stereocenters. The zero-order chi connectivity index (χ0) is 14.4. The van der Waals surface area contributed by atoms with Crippen LogP contribution in [0.1, 0.15) is 30.9 Å². The van der Waals surface area contributed by atoms with E-state index in [4.69, 9.17) is 0 Å². The average Bonchev–Trinajstić information content (AvgIpc) is 2.49. The SMILES string of the molecule is CNS(=O)(=O)NCC(c1ccccc1)N1CCCCC1. The van der Waals surface area contributed by atoms with Gasteiger partial charge in [-0.1, -0.05) is 36.8 Å². The van der Waals surface area contributed by atoms with Gasteiger partial charge < -0.3 is 0 Å². The average molecular weight is 297 g/mol. The number of nitrogens with one attached hydrogen (secondary N) is 2. The van der Waals surface area contributed by atoms with E-state index in [1.54, 1.807) is 0 Å². The Kier molecular flexibility index (Phi) is 5.54. The molecule has 0 radical (unpaired) electrons. The molecule has 1 aliphatic heterocycles. The second-order valence-corrected chi connectivity index (χ2v) is 6.78. The molecule has 112 valence electrons. The van der Waals surface area contributed by atoms with Crippen LogP contribution in [0.3, 0.4) is 0 Å². The number of hydrogen-bond donors (Lipinski definition) is 2. The molecule has 1 aromatic rings. The van der Waals surface area contributed by atoms with Crippen molar-refractivity contribution in [1.29, 1.82) is 0 Å². The van der Waals surface area contributed by atoms with Crippen LogP contribution in [0.15, 0.2) is 30.3 Å². The van der Waals surface area contributed by atoms with E-state index in [-0.39, 0.29) is 6.04 Å². The quantitative estimate of drug-likeness (QED) is 0.831. The number of piperidine rings is 1. The molecular weight excluding hydrogens is 274 g/mol. The Morgan fingerprint density at radius 1 is 1.15 bits per heavy atom. The van der Waals surface area contributed by atoms with E-state index in [9.17, 15) is 8.42 Å². The maximum absolute atomic E-state index is 11.6. The number of rotatable bonds is 6. The monoisotopic (exact) mass is 297 g/mol. The Balaban J connectivity index is 2.11. The minimum absolute atomic E-state index is 0.0969. The highest BCUT2D eigenvalue weighted by Gasteiger charge is 2.23. The Bertz CT molecular complexity index is 498. The molecule has 1 saturated heterocycles. The number of hydrogen-bond acceptors (Lipinski definition) is 3. The van der Waals surface area contributed by atoms with Gasteiger partial charge >= 0.3 is 0 Å². The van der Waals surface area contributed by atoms with Crippen LogP contribution in [0.25, 0.3) is 0 Å². The van der Waals surface area contributed by atoms with Crippen molar-refractivity contribution in [2.24, 2.45) is 0 Å². The first-order valence-corrected chi connectivity index (χ1v) is 8.58. The van der Waals surface area contributed by atoms with Gasteiger partial charge in [0.1, 0.15) is 0 Å². The molecule has 2 N–H and O–H groups in total. The molecule has 0 spiro atoms. The van der Waals surface area contributed by atoms with Crippen molar-refractivity contribution in [1.82, 2.24) is 14.3 Å². The zero-order valence-electron chi connectivity index (χ0n) is 11.9. The van der Waals surface area contributed by atoms with Crippen molar-refractivity contribution in [3.63, 3.8) is 0 Å². The van der Waals surface area contributed by atoms with Crippen LogP contribution in [0.4, 0.5) is 0 Å². The summed E-state index contributed by atoms with van der Waals surface area (Å²) in [5.74, 6) is 0. The second kappa shape index (κ2) is 7.17. The van der Waals surface area contributed by atoms with Crippen LogP contribution >= 0.6 is 0 Å². The lowest BCUT2D eigenvalue weighted by Crippen LogP contribution is -2.43. The summed E-state index contributed by atoms with van der Waals surface area (Å²) in [5, 5.41) is 0. The van der Waals surface area contributed by atoms with E-state index >= 15 is 0 Å². The summed E-state index contributed by atoms with van der Waals surface area (Å²) in [5.41, 5.74) is 1.16. The summed E-state index contributed by atoms with van der Waals surface area (Å²) in [4.78, 5) is 2.37. The Labute approximate surface area is 121 Å². The molecule has 0 bridgehead atoms. The van der Waals surface area contributed by atoms with Gasteiger partial charge in [0.2, 0.25) is 0 Å². The van der Waals surface area contributed by atoms with Crippen molar-refractivity contribution in [2.75, 3.05) is 26.7 Å². The van der Waals surface area contributed by atoms with E-state index in [2.05, 4.69) is 26.5 Å². The fraction of sp³-hybridized carbons (Fsp3) is 0.571. The topological polar surface area (TPSA) is 61.4 Å². The predicted octanol–water partition coefficient (Wildman–Crippen LogP) is 1.27. The van der Waals surface area contributed by atoms with Crippen LogP contribution in [0.5, 0.6) is 0 Å². The smallest absolute Gasteiger partial charge is 0.276 e. The molecule has 1 atom stereocenters. The highest BCUT2D eigenvalue weighted by atomic mass is 32.2. The summed E-state index contributed by atoms with van der Waals surface area (Å²) in [7, 11) is -1.97. The van der Waals surface area contributed by atoms with E-state index in [0.717, 1.165) is 18.7 Å². The van der Waals surface area contributed by atoms with Crippen LogP contribution in [-0.2, 0) is 10.2 Å². The van der Waals surface area contributed by atoms with Gasteiger partial charge in [0, 0.05) is 19.6 Å². The maximum atomic E-state index is 11.6. The van der Waals surface area contributed by atoms with Gasteiger partial charge in [-0.3, -0.25) is 4.90 Å². The van der Waals surface area contributed by atoms with Crippen LogP contribution in [0.2, 0.25) is 0 Å².